The quantitative estimate of drug-likeness (QED) is 0.901. The van der Waals surface area contributed by atoms with Crippen LogP contribution in [0.3, 0.4) is 0 Å². The van der Waals surface area contributed by atoms with Crippen LogP contribution in [0, 0.1) is 6.92 Å². The molecule has 2 aromatic rings. The van der Waals surface area contributed by atoms with E-state index in [0.717, 1.165) is 17.7 Å². The predicted octanol–water partition coefficient (Wildman–Crippen LogP) is 3.78. The van der Waals surface area contributed by atoms with Gasteiger partial charge in [0.15, 0.2) is 0 Å². The maximum Gasteiger partial charge on any atom is 0.416 e. The van der Waals surface area contributed by atoms with Gasteiger partial charge < -0.3 is 10.5 Å². The van der Waals surface area contributed by atoms with Crippen molar-refractivity contribution in [3.63, 3.8) is 0 Å². The minimum absolute atomic E-state index is 0.179. The van der Waals surface area contributed by atoms with Gasteiger partial charge in [-0.1, -0.05) is 18.2 Å². The lowest BCUT2D eigenvalue weighted by Gasteiger charge is -2.11. The van der Waals surface area contributed by atoms with Crippen LogP contribution >= 0.6 is 0 Å². The van der Waals surface area contributed by atoms with Crippen molar-refractivity contribution >= 4 is 5.82 Å². The van der Waals surface area contributed by atoms with Gasteiger partial charge in [-0.3, -0.25) is 0 Å². The number of para-hydroxylation sites is 1. The molecule has 2 rings (SSSR count). The van der Waals surface area contributed by atoms with Crippen molar-refractivity contribution in [2.24, 2.45) is 0 Å². The van der Waals surface area contributed by atoms with E-state index in [2.05, 4.69) is 4.98 Å². The number of aromatic nitrogens is 1. The highest BCUT2D eigenvalue weighted by molar-refractivity contribution is 5.41. The molecule has 0 spiro atoms. The first-order valence-corrected chi connectivity index (χ1v) is 5.44. The summed E-state index contributed by atoms with van der Waals surface area (Å²) in [5.74, 6) is 0.0220. The number of rotatable bonds is 2. The summed E-state index contributed by atoms with van der Waals surface area (Å²) in [7, 11) is 0. The number of benzene rings is 1. The number of hydrogen-bond donors (Lipinski definition) is 1. The van der Waals surface area contributed by atoms with E-state index in [1.807, 2.05) is 0 Å². The monoisotopic (exact) mass is 268 g/mol. The summed E-state index contributed by atoms with van der Waals surface area (Å²) in [4.78, 5) is 3.74. The zero-order valence-electron chi connectivity index (χ0n) is 10.0. The first-order chi connectivity index (χ1) is 8.86. The second-order valence-electron chi connectivity index (χ2n) is 3.98. The Kier molecular flexibility index (Phi) is 3.33. The fourth-order valence-corrected chi connectivity index (χ4v) is 1.53. The van der Waals surface area contributed by atoms with Crippen LogP contribution in [0.25, 0.3) is 0 Å². The van der Waals surface area contributed by atoms with Gasteiger partial charge in [0.25, 0.3) is 0 Å². The Morgan fingerprint density at radius 2 is 1.84 bits per heavy atom. The third-order valence-electron chi connectivity index (χ3n) is 2.46. The summed E-state index contributed by atoms with van der Waals surface area (Å²) in [6, 6.07) is 8.54. The van der Waals surface area contributed by atoms with E-state index in [9.17, 15) is 13.2 Å². The summed E-state index contributed by atoms with van der Waals surface area (Å²) >= 11 is 0. The van der Waals surface area contributed by atoms with E-state index in [1.54, 1.807) is 31.2 Å². The van der Waals surface area contributed by atoms with E-state index in [-0.39, 0.29) is 11.7 Å². The molecule has 0 radical (unpaired) electrons. The molecule has 1 aromatic heterocycles. The van der Waals surface area contributed by atoms with Crippen LogP contribution in [0.1, 0.15) is 11.1 Å². The molecule has 19 heavy (non-hydrogen) atoms. The summed E-state index contributed by atoms with van der Waals surface area (Å²) in [6.45, 7) is 1.78. The molecule has 3 nitrogen and oxygen atoms in total. The molecule has 100 valence electrons. The second kappa shape index (κ2) is 4.79. The molecule has 0 aliphatic carbocycles. The lowest BCUT2D eigenvalue weighted by Crippen LogP contribution is -2.07. The Morgan fingerprint density at radius 3 is 2.47 bits per heavy atom. The Balaban J connectivity index is 2.36. The second-order valence-corrected chi connectivity index (χ2v) is 3.98. The molecule has 0 bridgehead atoms. The maximum atomic E-state index is 12.6. The van der Waals surface area contributed by atoms with Crippen LogP contribution in [0.4, 0.5) is 19.0 Å². The van der Waals surface area contributed by atoms with Crippen LogP contribution in [0.15, 0.2) is 36.4 Å². The number of anilines is 1. The van der Waals surface area contributed by atoms with Gasteiger partial charge in [0.05, 0.1) is 5.56 Å². The molecule has 0 saturated carbocycles. The molecule has 0 aliphatic heterocycles. The fraction of sp³-hybridized carbons (Fsp3) is 0.154. The lowest BCUT2D eigenvalue weighted by atomic mass is 10.2. The summed E-state index contributed by atoms with van der Waals surface area (Å²) in [5.41, 5.74) is 5.26. The number of nitrogens with two attached hydrogens (primary N) is 1. The van der Waals surface area contributed by atoms with E-state index >= 15 is 0 Å². The van der Waals surface area contributed by atoms with Gasteiger partial charge in [0, 0.05) is 6.07 Å². The SMILES string of the molecule is Cc1ccccc1Oc1cc(C(F)(F)F)cc(N)n1. The molecule has 0 fully saturated rings. The molecule has 0 atom stereocenters. The number of nitrogen functional groups attached to an aromatic ring is 1. The zero-order chi connectivity index (χ0) is 14.0. The minimum Gasteiger partial charge on any atom is -0.439 e. The molecule has 1 aromatic carbocycles. The molecule has 0 saturated heterocycles. The average Bonchev–Trinajstić information content (AvgIpc) is 2.30. The predicted molar refractivity (Wildman–Crippen MR) is 64.9 cm³/mol. The number of alkyl halides is 3. The first-order valence-electron chi connectivity index (χ1n) is 5.44. The first kappa shape index (κ1) is 13.2. The molecule has 0 aliphatic rings. The molecular formula is C13H11F3N2O. The largest absolute Gasteiger partial charge is 0.439 e. The standard InChI is InChI=1S/C13H11F3N2O/c1-8-4-2-3-5-10(8)19-12-7-9(13(14,15)16)6-11(17)18-12/h2-7H,1H3,(H2,17,18). The normalized spacial score (nSPS) is 11.4. The topological polar surface area (TPSA) is 48.1 Å². The lowest BCUT2D eigenvalue weighted by molar-refractivity contribution is -0.137. The van der Waals surface area contributed by atoms with Gasteiger partial charge in [0.1, 0.15) is 11.6 Å². The Labute approximate surface area is 107 Å². The van der Waals surface area contributed by atoms with Crippen molar-refractivity contribution in [2.45, 2.75) is 13.1 Å². The van der Waals surface area contributed by atoms with Gasteiger partial charge in [0.2, 0.25) is 5.88 Å². The van der Waals surface area contributed by atoms with Crippen LogP contribution in [0.5, 0.6) is 11.6 Å². The van der Waals surface area contributed by atoms with Crippen molar-refractivity contribution < 1.29 is 17.9 Å². The Morgan fingerprint density at radius 1 is 1.16 bits per heavy atom. The molecule has 1 heterocycles. The van der Waals surface area contributed by atoms with Crippen molar-refractivity contribution in [1.82, 2.24) is 4.98 Å². The van der Waals surface area contributed by atoms with Crippen molar-refractivity contribution in [3.8, 4) is 11.6 Å². The third kappa shape index (κ3) is 3.15. The van der Waals surface area contributed by atoms with E-state index in [4.69, 9.17) is 10.5 Å². The van der Waals surface area contributed by atoms with Crippen LogP contribution < -0.4 is 10.5 Å². The number of hydrogen-bond acceptors (Lipinski definition) is 3. The molecule has 0 amide bonds. The number of halogens is 3. The Bertz CT molecular complexity index is 597. The number of pyridine rings is 1. The highest BCUT2D eigenvalue weighted by Gasteiger charge is 2.31. The van der Waals surface area contributed by atoms with E-state index in [1.165, 1.54) is 0 Å². The maximum absolute atomic E-state index is 12.6. The molecular weight excluding hydrogens is 257 g/mol. The van der Waals surface area contributed by atoms with E-state index < -0.39 is 11.7 Å². The summed E-state index contributed by atoms with van der Waals surface area (Å²) < 4.78 is 43.2. The van der Waals surface area contributed by atoms with Gasteiger partial charge in [-0.25, -0.2) is 0 Å². The highest BCUT2D eigenvalue weighted by Crippen LogP contribution is 2.33. The average molecular weight is 268 g/mol. The summed E-state index contributed by atoms with van der Waals surface area (Å²) in [6.07, 6.45) is -4.49. The fourth-order valence-electron chi connectivity index (χ4n) is 1.53. The van der Waals surface area contributed by atoms with Crippen molar-refractivity contribution in [1.29, 1.82) is 0 Å². The third-order valence-corrected chi connectivity index (χ3v) is 2.46. The van der Waals surface area contributed by atoms with Crippen molar-refractivity contribution in [2.75, 3.05) is 5.73 Å². The summed E-state index contributed by atoms with van der Waals surface area (Å²) in [5, 5.41) is 0. The number of ether oxygens (including phenoxy) is 1. The highest BCUT2D eigenvalue weighted by atomic mass is 19.4. The molecule has 0 unspecified atom stereocenters. The number of aryl methyl sites for hydroxylation is 1. The van der Waals surface area contributed by atoms with E-state index in [0.29, 0.717) is 5.75 Å². The van der Waals surface area contributed by atoms with Crippen LogP contribution in [-0.4, -0.2) is 4.98 Å². The van der Waals surface area contributed by atoms with Crippen LogP contribution in [0.2, 0.25) is 0 Å². The van der Waals surface area contributed by atoms with Gasteiger partial charge in [-0.05, 0) is 24.6 Å². The van der Waals surface area contributed by atoms with Crippen LogP contribution in [-0.2, 0) is 6.18 Å². The minimum atomic E-state index is -4.49. The smallest absolute Gasteiger partial charge is 0.416 e. The number of nitrogens with zero attached hydrogens (tertiary/aromatic N) is 1. The molecule has 6 heteroatoms. The zero-order valence-corrected chi connectivity index (χ0v) is 10.0. The Hall–Kier alpha value is -2.24. The van der Waals surface area contributed by atoms with Crippen molar-refractivity contribution in [3.05, 3.63) is 47.5 Å². The van der Waals surface area contributed by atoms with Gasteiger partial charge >= 0.3 is 6.18 Å². The van der Waals surface area contributed by atoms with Gasteiger partial charge in [-0.2, -0.15) is 18.2 Å². The molecule has 2 N–H and O–H groups in total. The van der Waals surface area contributed by atoms with Gasteiger partial charge in [-0.15, -0.1) is 0 Å².